The number of halogens is 1. The molecule has 3 atom stereocenters. The molecule has 112 valence electrons. The number of carbonyl (C=O) groups is 1. The highest BCUT2D eigenvalue weighted by Crippen LogP contribution is 2.35. The molecule has 21 heavy (non-hydrogen) atoms. The zero-order valence-electron chi connectivity index (χ0n) is 11.0. The second kappa shape index (κ2) is 5.16. The molecule has 2 saturated heterocycles. The highest BCUT2D eigenvalue weighted by Gasteiger charge is 2.41. The van der Waals surface area contributed by atoms with Crippen LogP contribution >= 0.6 is 11.6 Å². The third kappa shape index (κ3) is 2.54. The lowest BCUT2D eigenvalue weighted by molar-refractivity contribution is -0.383. The molecular weight excluding hydrogens is 298 g/mol. The predicted octanol–water partition coefficient (Wildman–Crippen LogP) is 1.88. The number of nitrogen functional groups attached to an aromatic ring is 1. The molecule has 0 aromatic heterocycles. The largest absolute Gasteiger partial charge is 0.392 e. The molecule has 2 aliphatic heterocycles. The van der Waals surface area contributed by atoms with Crippen LogP contribution in [0.1, 0.15) is 29.6 Å². The summed E-state index contributed by atoms with van der Waals surface area (Å²) in [5.41, 5.74) is 5.17. The molecule has 2 aliphatic rings. The van der Waals surface area contributed by atoms with Gasteiger partial charge in [0.2, 0.25) is 0 Å². The monoisotopic (exact) mass is 311 g/mol. The molecule has 2 bridgehead atoms. The molecule has 1 aromatic carbocycles. The number of benzene rings is 1. The van der Waals surface area contributed by atoms with Gasteiger partial charge in [-0.3, -0.25) is 14.9 Å². The summed E-state index contributed by atoms with van der Waals surface area (Å²) in [5.74, 6) is -0.402. The molecule has 1 amide bonds. The molecular formula is C13H14ClN3O4. The SMILES string of the molecule is Nc1c(Cl)cc(C(=O)NC2CC3CCC2O3)cc1[N+](=O)[O-]. The van der Waals surface area contributed by atoms with Gasteiger partial charge in [-0.05, 0) is 25.3 Å². The number of hydrogen-bond donors (Lipinski definition) is 2. The fourth-order valence-electron chi connectivity index (χ4n) is 2.93. The average molecular weight is 312 g/mol. The van der Waals surface area contributed by atoms with Crippen LogP contribution in [0.3, 0.4) is 0 Å². The molecule has 0 radical (unpaired) electrons. The maximum Gasteiger partial charge on any atom is 0.294 e. The van der Waals surface area contributed by atoms with Crippen LogP contribution in [0.25, 0.3) is 0 Å². The number of anilines is 1. The van der Waals surface area contributed by atoms with E-state index in [2.05, 4.69) is 5.32 Å². The van der Waals surface area contributed by atoms with Gasteiger partial charge in [0.05, 0.1) is 28.2 Å². The molecule has 2 heterocycles. The first-order valence-corrected chi connectivity index (χ1v) is 7.03. The molecule has 0 aliphatic carbocycles. The van der Waals surface area contributed by atoms with Crippen molar-refractivity contribution in [3.8, 4) is 0 Å². The van der Waals surface area contributed by atoms with Crippen molar-refractivity contribution in [2.75, 3.05) is 5.73 Å². The Labute approximate surface area is 125 Å². The number of ether oxygens (including phenoxy) is 1. The Hall–Kier alpha value is -1.86. The van der Waals surface area contributed by atoms with Crippen molar-refractivity contribution in [2.45, 2.75) is 37.5 Å². The normalized spacial score (nSPS) is 26.8. The van der Waals surface area contributed by atoms with Crippen molar-refractivity contribution in [2.24, 2.45) is 0 Å². The molecule has 0 spiro atoms. The number of nitrogens with two attached hydrogens (primary N) is 1. The van der Waals surface area contributed by atoms with Gasteiger partial charge >= 0.3 is 0 Å². The minimum Gasteiger partial charge on any atom is -0.392 e. The van der Waals surface area contributed by atoms with Gasteiger partial charge < -0.3 is 15.8 Å². The Kier molecular flexibility index (Phi) is 3.46. The summed E-state index contributed by atoms with van der Waals surface area (Å²) in [6, 6.07) is 2.43. The number of amides is 1. The maximum absolute atomic E-state index is 12.2. The van der Waals surface area contributed by atoms with Gasteiger partial charge in [0.25, 0.3) is 11.6 Å². The summed E-state index contributed by atoms with van der Waals surface area (Å²) < 4.78 is 5.66. The van der Waals surface area contributed by atoms with E-state index in [1.54, 1.807) is 0 Å². The number of nitro groups is 1. The number of fused-ring (bicyclic) bond motifs is 2. The van der Waals surface area contributed by atoms with E-state index >= 15 is 0 Å². The van der Waals surface area contributed by atoms with Gasteiger partial charge in [0.1, 0.15) is 5.69 Å². The Bertz CT molecular complexity index is 622. The summed E-state index contributed by atoms with van der Waals surface area (Å²) in [4.78, 5) is 22.5. The van der Waals surface area contributed by atoms with E-state index in [0.717, 1.165) is 25.3 Å². The van der Waals surface area contributed by atoms with Crippen LogP contribution in [0.4, 0.5) is 11.4 Å². The van der Waals surface area contributed by atoms with E-state index in [9.17, 15) is 14.9 Å². The van der Waals surface area contributed by atoms with Crippen LogP contribution in [0.5, 0.6) is 0 Å². The van der Waals surface area contributed by atoms with Crippen LogP contribution in [0, 0.1) is 10.1 Å². The lowest BCUT2D eigenvalue weighted by atomic mass is 9.95. The highest BCUT2D eigenvalue weighted by molar-refractivity contribution is 6.34. The van der Waals surface area contributed by atoms with E-state index < -0.39 is 10.8 Å². The molecule has 1 aromatic rings. The Morgan fingerprint density at radius 3 is 2.81 bits per heavy atom. The molecule has 2 fully saturated rings. The third-order valence-corrected chi connectivity index (χ3v) is 4.30. The highest BCUT2D eigenvalue weighted by atomic mass is 35.5. The van der Waals surface area contributed by atoms with Crippen molar-refractivity contribution in [1.82, 2.24) is 5.32 Å². The summed E-state index contributed by atoms with van der Waals surface area (Å²) in [5, 5.41) is 13.8. The van der Waals surface area contributed by atoms with Crippen molar-refractivity contribution < 1.29 is 14.5 Å². The lowest BCUT2D eigenvalue weighted by Gasteiger charge is -2.20. The van der Waals surface area contributed by atoms with Crippen molar-refractivity contribution in [3.05, 3.63) is 32.8 Å². The zero-order valence-corrected chi connectivity index (χ0v) is 11.8. The fourth-order valence-corrected chi connectivity index (χ4v) is 3.14. The minimum absolute atomic E-state index is 0.00135. The van der Waals surface area contributed by atoms with E-state index in [4.69, 9.17) is 22.1 Å². The Morgan fingerprint density at radius 1 is 1.48 bits per heavy atom. The summed E-state index contributed by atoms with van der Waals surface area (Å²) in [6.07, 6.45) is 2.98. The van der Waals surface area contributed by atoms with Gasteiger partial charge in [-0.2, -0.15) is 0 Å². The van der Waals surface area contributed by atoms with Crippen molar-refractivity contribution >= 4 is 28.9 Å². The summed E-state index contributed by atoms with van der Waals surface area (Å²) in [7, 11) is 0. The molecule has 7 nitrogen and oxygen atoms in total. The first-order chi connectivity index (χ1) is 9.95. The van der Waals surface area contributed by atoms with E-state index in [1.807, 2.05) is 0 Å². The first-order valence-electron chi connectivity index (χ1n) is 6.65. The van der Waals surface area contributed by atoms with Crippen LogP contribution in [-0.4, -0.2) is 29.1 Å². The average Bonchev–Trinajstić information content (AvgIpc) is 3.03. The number of nitrogens with zero attached hydrogens (tertiary/aromatic N) is 1. The van der Waals surface area contributed by atoms with Crippen LogP contribution < -0.4 is 11.1 Å². The number of rotatable bonds is 3. The third-order valence-electron chi connectivity index (χ3n) is 3.99. The predicted molar refractivity (Wildman–Crippen MR) is 76.3 cm³/mol. The maximum atomic E-state index is 12.2. The van der Waals surface area contributed by atoms with Crippen LogP contribution in [0.15, 0.2) is 12.1 Å². The van der Waals surface area contributed by atoms with Crippen LogP contribution in [-0.2, 0) is 4.74 Å². The van der Waals surface area contributed by atoms with Gasteiger partial charge in [0.15, 0.2) is 0 Å². The van der Waals surface area contributed by atoms with E-state index in [-0.39, 0.29) is 40.2 Å². The molecule has 3 N–H and O–H groups in total. The Balaban J connectivity index is 1.80. The second-order valence-corrected chi connectivity index (χ2v) is 5.74. The topological polar surface area (TPSA) is 107 Å². The molecule has 8 heteroatoms. The second-order valence-electron chi connectivity index (χ2n) is 5.34. The number of nitrogens with one attached hydrogen (secondary N) is 1. The van der Waals surface area contributed by atoms with Crippen molar-refractivity contribution in [1.29, 1.82) is 0 Å². The number of hydrogen-bond acceptors (Lipinski definition) is 5. The minimum atomic E-state index is -0.654. The summed E-state index contributed by atoms with van der Waals surface area (Å²) in [6.45, 7) is 0. The Morgan fingerprint density at radius 2 is 2.24 bits per heavy atom. The first kappa shape index (κ1) is 14.1. The van der Waals surface area contributed by atoms with Crippen LogP contribution in [0.2, 0.25) is 5.02 Å². The zero-order chi connectivity index (χ0) is 15.1. The lowest BCUT2D eigenvalue weighted by Crippen LogP contribution is -2.41. The molecule has 0 saturated carbocycles. The van der Waals surface area contributed by atoms with Gasteiger partial charge in [-0.25, -0.2) is 0 Å². The van der Waals surface area contributed by atoms with E-state index in [0.29, 0.717) is 0 Å². The van der Waals surface area contributed by atoms with Gasteiger partial charge in [0, 0.05) is 11.6 Å². The molecule has 3 rings (SSSR count). The summed E-state index contributed by atoms with van der Waals surface area (Å²) >= 11 is 5.85. The van der Waals surface area contributed by atoms with Gasteiger partial charge in [-0.1, -0.05) is 11.6 Å². The number of carbonyl (C=O) groups excluding carboxylic acids is 1. The molecule has 3 unspecified atom stereocenters. The fraction of sp³-hybridized carbons (Fsp3) is 0.462. The quantitative estimate of drug-likeness (QED) is 0.503. The number of nitro benzene ring substituents is 1. The standard InChI is InChI=1S/C13H14ClN3O4/c14-8-3-6(4-10(12(8)15)17(19)20)13(18)16-9-5-7-1-2-11(9)21-7/h3-4,7,9,11H,1-2,5,15H2,(H,16,18). The van der Waals surface area contributed by atoms with Gasteiger partial charge in [-0.15, -0.1) is 0 Å². The van der Waals surface area contributed by atoms with E-state index in [1.165, 1.54) is 6.07 Å². The smallest absolute Gasteiger partial charge is 0.294 e. The van der Waals surface area contributed by atoms with Crippen molar-refractivity contribution in [3.63, 3.8) is 0 Å².